The van der Waals surface area contributed by atoms with E-state index >= 15 is 0 Å². The number of carbonyl (C=O) groups is 2. The second kappa shape index (κ2) is 7.70. The predicted molar refractivity (Wildman–Crippen MR) is 98.0 cm³/mol. The molecule has 0 aromatic heterocycles. The monoisotopic (exact) mass is 356 g/mol. The van der Waals surface area contributed by atoms with Crippen LogP contribution < -0.4 is 5.32 Å². The highest BCUT2D eigenvalue weighted by atomic mass is 35.5. The van der Waals surface area contributed by atoms with Gasteiger partial charge in [0.05, 0.1) is 5.92 Å². The average molecular weight is 357 g/mol. The van der Waals surface area contributed by atoms with Gasteiger partial charge >= 0.3 is 0 Å². The molecule has 2 aromatic rings. The highest BCUT2D eigenvalue weighted by molar-refractivity contribution is 6.31. The van der Waals surface area contributed by atoms with Crippen LogP contribution in [-0.2, 0) is 22.7 Å². The van der Waals surface area contributed by atoms with Crippen molar-refractivity contribution in [1.29, 1.82) is 0 Å². The molecule has 0 radical (unpaired) electrons. The van der Waals surface area contributed by atoms with E-state index in [0.717, 1.165) is 11.1 Å². The Bertz CT molecular complexity index is 774. The third-order valence-corrected chi connectivity index (χ3v) is 4.86. The fraction of sp³-hybridized carbons (Fsp3) is 0.300. The zero-order valence-electron chi connectivity index (χ0n) is 14.2. The number of nitrogens with one attached hydrogen (secondary N) is 1. The van der Waals surface area contributed by atoms with Gasteiger partial charge < -0.3 is 10.2 Å². The zero-order chi connectivity index (χ0) is 17.8. The van der Waals surface area contributed by atoms with Crippen LogP contribution in [0.15, 0.2) is 48.5 Å². The maximum atomic E-state index is 12.4. The normalized spacial score (nSPS) is 17.0. The number of hydrogen-bond donors (Lipinski definition) is 1. The SMILES string of the molecule is Cc1ccc(CNC(=O)[C@@H]2CC(=O)N(Cc3ccccc3Cl)C2)cc1. The molecule has 130 valence electrons. The molecule has 1 N–H and O–H groups in total. The first-order chi connectivity index (χ1) is 12.0. The molecule has 0 unspecified atom stereocenters. The Labute approximate surface area is 152 Å². The fourth-order valence-corrected chi connectivity index (χ4v) is 3.17. The van der Waals surface area contributed by atoms with E-state index in [-0.39, 0.29) is 24.2 Å². The van der Waals surface area contributed by atoms with Gasteiger partial charge in [-0.2, -0.15) is 0 Å². The molecule has 3 rings (SSSR count). The maximum Gasteiger partial charge on any atom is 0.225 e. The Morgan fingerprint density at radius 2 is 1.92 bits per heavy atom. The molecule has 5 heteroatoms. The van der Waals surface area contributed by atoms with Crippen molar-refractivity contribution in [2.24, 2.45) is 5.92 Å². The lowest BCUT2D eigenvalue weighted by atomic mass is 10.1. The lowest BCUT2D eigenvalue weighted by Gasteiger charge is -2.17. The number of halogens is 1. The molecule has 1 aliphatic heterocycles. The van der Waals surface area contributed by atoms with Crippen LogP contribution in [0.4, 0.5) is 0 Å². The van der Waals surface area contributed by atoms with Crippen molar-refractivity contribution in [2.45, 2.75) is 26.4 Å². The summed E-state index contributed by atoms with van der Waals surface area (Å²) in [4.78, 5) is 26.3. The molecule has 4 nitrogen and oxygen atoms in total. The molecular formula is C20H21ClN2O2. The lowest BCUT2D eigenvalue weighted by Crippen LogP contribution is -2.32. The van der Waals surface area contributed by atoms with E-state index in [1.165, 1.54) is 5.56 Å². The summed E-state index contributed by atoms with van der Waals surface area (Å²) in [6.07, 6.45) is 0.254. The van der Waals surface area contributed by atoms with Crippen LogP contribution in [0.5, 0.6) is 0 Å². The van der Waals surface area contributed by atoms with Gasteiger partial charge in [-0.15, -0.1) is 0 Å². The summed E-state index contributed by atoms with van der Waals surface area (Å²) in [5.74, 6) is -0.383. The van der Waals surface area contributed by atoms with Gasteiger partial charge in [-0.3, -0.25) is 9.59 Å². The number of likely N-dealkylation sites (tertiary alicyclic amines) is 1. The Hall–Kier alpha value is -2.33. The summed E-state index contributed by atoms with van der Waals surface area (Å²) in [5.41, 5.74) is 3.14. The van der Waals surface area contributed by atoms with Crippen LogP contribution in [0.1, 0.15) is 23.1 Å². The van der Waals surface area contributed by atoms with Crippen molar-refractivity contribution in [3.8, 4) is 0 Å². The molecule has 0 spiro atoms. The number of nitrogens with zero attached hydrogens (tertiary/aromatic N) is 1. The van der Waals surface area contributed by atoms with Gasteiger partial charge in [-0.05, 0) is 24.1 Å². The molecule has 0 bridgehead atoms. The van der Waals surface area contributed by atoms with Crippen molar-refractivity contribution < 1.29 is 9.59 Å². The van der Waals surface area contributed by atoms with E-state index < -0.39 is 0 Å². The van der Waals surface area contributed by atoms with Crippen molar-refractivity contribution >= 4 is 23.4 Å². The Balaban J connectivity index is 1.55. The van der Waals surface area contributed by atoms with Gasteiger partial charge in [-0.1, -0.05) is 59.6 Å². The van der Waals surface area contributed by atoms with Gasteiger partial charge in [0.15, 0.2) is 0 Å². The number of rotatable bonds is 5. The van der Waals surface area contributed by atoms with Gasteiger partial charge in [0.25, 0.3) is 0 Å². The van der Waals surface area contributed by atoms with Gasteiger partial charge in [0, 0.05) is 31.1 Å². The summed E-state index contributed by atoms with van der Waals surface area (Å²) in [7, 11) is 0. The molecule has 1 aliphatic rings. The van der Waals surface area contributed by atoms with Gasteiger partial charge in [-0.25, -0.2) is 0 Å². The van der Waals surface area contributed by atoms with E-state index in [0.29, 0.717) is 24.7 Å². The van der Waals surface area contributed by atoms with E-state index in [1.54, 1.807) is 4.90 Å². The number of amides is 2. The molecule has 1 heterocycles. The fourth-order valence-electron chi connectivity index (χ4n) is 2.97. The lowest BCUT2D eigenvalue weighted by molar-refractivity contribution is -0.129. The molecule has 1 fully saturated rings. The summed E-state index contributed by atoms with van der Waals surface area (Å²) < 4.78 is 0. The third kappa shape index (κ3) is 4.40. The van der Waals surface area contributed by atoms with Crippen molar-refractivity contribution in [1.82, 2.24) is 10.2 Å². The van der Waals surface area contributed by atoms with Gasteiger partial charge in [0.2, 0.25) is 11.8 Å². The topological polar surface area (TPSA) is 49.4 Å². The number of benzene rings is 2. The first-order valence-electron chi connectivity index (χ1n) is 8.37. The summed E-state index contributed by atoms with van der Waals surface area (Å²) >= 11 is 6.16. The van der Waals surface area contributed by atoms with Crippen LogP contribution in [0.3, 0.4) is 0 Å². The standard InChI is InChI=1S/C20H21ClN2O2/c1-14-6-8-15(9-7-14)11-22-20(25)17-10-19(24)23(13-17)12-16-4-2-3-5-18(16)21/h2-9,17H,10-13H2,1H3,(H,22,25)/t17-/m1/s1. The van der Waals surface area contributed by atoms with E-state index in [9.17, 15) is 9.59 Å². The van der Waals surface area contributed by atoms with Crippen LogP contribution in [-0.4, -0.2) is 23.3 Å². The quantitative estimate of drug-likeness (QED) is 0.893. The molecule has 1 saturated heterocycles. The minimum Gasteiger partial charge on any atom is -0.352 e. The number of carbonyl (C=O) groups excluding carboxylic acids is 2. The van der Waals surface area contributed by atoms with Crippen LogP contribution in [0, 0.1) is 12.8 Å². The number of hydrogen-bond acceptors (Lipinski definition) is 2. The minimum atomic E-state index is -0.305. The molecule has 25 heavy (non-hydrogen) atoms. The molecular weight excluding hydrogens is 336 g/mol. The maximum absolute atomic E-state index is 12.4. The highest BCUT2D eigenvalue weighted by Crippen LogP contribution is 2.23. The third-order valence-electron chi connectivity index (χ3n) is 4.49. The van der Waals surface area contributed by atoms with E-state index in [1.807, 2.05) is 55.5 Å². The number of aryl methyl sites for hydroxylation is 1. The average Bonchev–Trinajstić information content (AvgIpc) is 2.97. The Morgan fingerprint density at radius 1 is 1.20 bits per heavy atom. The summed E-state index contributed by atoms with van der Waals surface area (Å²) in [6, 6.07) is 15.5. The molecule has 2 amide bonds. The van der Waals surface area contributed by atoms with Crippen molar-refractivity contribution in [3.05, 3.63) is 70.2 Å². The predicted octanol–water partition coefficient (Wildman–Crippen LogP) is 3.31. The Kier molecular flexibility index (Phi) is 5.39. The molecule has 0 saturated carbocycles. The molecule has 0 aliphatic carbocycles. The summed E-state index contributed by atoms with van der Waals surface area (Å²) in [6.45, 7) is 3.39. The van der Waals surface area contributed by atoms with E-state index in [4.69, 9.17) is 11.6 Å². The van der Waals surface area contributed by atoms with Crippen LogP contribution >= 0.6 is 11.6 Å². The van der Waals surface area contributed by atoms with Gasteiger partial charge in [0.1, 0.15) is 0 Å². The Morgan fingerprint density at radius 3 is 2.64 bits per heavy atom. The smallest absolute Gasteiger partial charge is 0.225 e. The second-order valence-electron chi connectivity index (χ2n) is 6.47. The van der Waals surface area contributed by atoms with Crippen molar-refractivity contribution in [3.63, 3.8) is 0 Å². The zero-order valence-corrected chi connectivity index (χ0v) is 14.9. The van der Waals surface area contributed by atoms with Crippen molar-refractivity contribution in [2.75, 3.05) is 6.54 Å². The highest BCUT2D eigenvalue weighted by Gasteiger charge is 2.34. The first-order valence-corrected chi connectivity index (χ1v) is 8.75. The van der Waals surface area contributed by atoms with Crippen LogP contribution in [0.25, 0.3) is 0 Å². The van der Waals surface area contributed by atoms with Crippen LogP contribution in [0.2, 0.25) is 5.02 Å². The minimum absolute atomic E-state index is 0.00425. The molecule has 2 aromatic carbocycles. The van der Waals surface area contributed by atoms with E-state index in [2.05, 4.69) is 5.32 Å². The first kappa shape index (κ1) is 17.5. The molecule has 1 atom stereocenters. The summed E-state index contributed by atoms with van der Waals surface area (Å²) in [5, 5.41) is 3.57. The second-order valence-corrected chi connectivity index (χ2v) is 6.88. The largest absolute Gasteiger partial charge is 0.352 e.